The maximum Gasteiger partial charge on any atom is 0.244 e. The number of aromatic nitrogens is 1. The SMILES string of the molecule is O=S1(=O)CC[C@@H](N(C[C@@H]2CCCO2)S(=O)(=O)c2ccc(Cl)nc2)C1. The fourth-order valence-corrected chi connectivity index (χ4v) is 6.65. The number of ether oxygens (including phenoxy) is 1. The van der Waals surface area contributed by atoms with E-state index in [4.69, 9.17) is 16.3 Å². The number of hydrogen-bond donors (Lipinski definition) is 0. The highest BCUT2D eigenvalue weighted by molar-refractivity contribution is 7.92. The Hall–Kier alpha value is -0.740. The van der Waals surface area contributed by atoms with Crippen LogP contribution in [0.3, 0.4) is 0 Å². The molecule has 0 spiro atoms. The monoisotopic (exact) mass is 394 g/mol. The Morgan fingerprint density at radius 1 is 1.33 bits per heavy atom. The van der Waals surface area contributed by atoms with Crippen LogP contribution in [0.1, 0.15) is 19.3 Å². The summed E-state index contributed by atoms with van der Waals surface area (Å²) in [6.45, 7) is 0.759. The Kier molecular flexibility index (Phi) is 5.17. The molecule has 10 heteroatoms. The Balaban J connectivity index is 1.91. The van der Waals surface area contributed by atoms with Gasteiger partial charge in [0.05, 0.1) is 17.6 Å². The minimum atomic E-state index is -3.87. The molecule has 0 unspecified atom stereocenters. The van der Waals surface area contributed by atoms with Gasteiger partial charge >= 0.3 is 0 Å². The second kappa shape index (κ2) is 6.87. The molecule has 0 saturated carbocycles. The lowest BCUT2D eigenvalue weighted by Crippen LogP contribution is -2.45. The third-order valence-electron chi connectivity index (χ3n) is 4.33. The van der Waals surface area contributed by atoms with Gasteiger partial charge in [-0.1, -0.05) is 11.6 Å². The first-order valence-corrected chi connectivity index (χ1v) is 11.4. The predicted molar refractivity (Wildman–Crippen MR) is 89.2 cm³/mol. The van der Waals surface area contributed by atoms with Crippen molar-refractivity contribution in [2.75, 3.05) is 24.7 Å². The lowest BCUT2D eigenvalue weighted by molar-refractivity contribution is 0.0877. The van der Waals surface area contributed by atoms with E-state index in [0.29, 0.717) is 13.0 Å². The summed E-state index contributed by atoms with van der Waals surface area (Å²) in [5.74, 6) is -0.145. The van der Waals surface area contributed by atoms with Crippen molar-refractivity contribution in [3.63, 3.8) is 0 Å². The molecule has 1 aromatic rings. The summed E-state index contributed by atoms with van der Waals surface area (Å²) in [7, 11) is -7.08. The third-order valence-corrected chi connectivity index (χ3v) is 8.21. The predicted octanol–water partition coefficient (Wildman–Crippen LogP) is 1.09. The summed E-state index contributed by atoms with van der Waals surface area (Å²) < 4.78 is 56.5. The zero-order chi connectivity index (χ0) is 17.4. The van der Waals surface area contributed by atoms with Crippen molar-refractivity contribution in [3.05, 3.63) is 23.5 Å². The van der Waals surface area contributed by atoms with Gasteiger partial charge in [-0.3, -0.25) is 0 Å². The van der Waals surface area contributed by atoms with Crippen LogP contribution in [-0.4, -0.2) is 62.9 Å². The smallest absolute Gasteiger partial charge is 0.244 e. The van der Waals surface area contributed by atoms with Crippen LogP contribution >= 0.6 is 11.6 Å². The molecule has 2 atom stereocenters. The van der Waals surface area contributed by atoms with Crippen LogP contribution in [0, 0.1) is 0 Å². The highest BCUT2D eigenvalue weighted by Gasteiger charge is 2.40. The number of halogens is 1. The van der Waals surface area contributed by atoms with Gasteiger partial charge in [0, 0.05) is 25.4 Å². The number of nitrogens with zero attached hydrogens (tertiary/aromatic N) is 2. The quantitative estimate of drug-likeness (QED) is 0.694. The first-order chi connectivity index (χ1) is 11.3. The van der Waals surface area contributed by atoms with E-state index in [2.05, 4.69) is 4.98 Å². The van der Waals surface area contributed by atoms with E-state index in [9.17, 15) is 16.8 Å². The summed E-state index contributed by atoms with van der Waals surface area (Å²) >= 11 is 5.72. The van der Waals surface area contributed by atoms with E-state index in [1.165, 1.54) is 22.6 Å². The molecule has 3 rings (SSSR count). The first kappa shape index (κ1) is 18.1. The van der Waals surface area contributed by atoms with Gasteiger partial charge in [-0.2, -0.15) is 4.31 Å². The van der Waals surface area contributed by atoms with E-state index in [-0.39, 0.29) is 34.2 Å². The fourth-order valence-electron chi connectivity index (χ4n) is 3.09. The molecule has 0 aromatic carbocycles. The minimum Gasteiger partial charge on any atom is -0.377 e. The van der Waals surface area contributed by atoms with Crippen LogP contribution in [-0.2, 0) is 24.6 Å². The van der Waals surface area contributed by atoms with Gasteiger partial charge in [-0.15, -0.1) is 0 Å². The molecule has 3 heterocycles. The molecular weight excluding hydrogens is 376 g/mol. The highest BCUT2D eigenvalue weighted by atomic mass is 35.5. The lowest BCUT2D eigenvalue weighted by atomic mass is 10.2. The summed E-state index contributed by atoms with van der Waals surface area (Å²) in [5, 5.41) is 0.197. The number of hydrogen-bond acceptors (Lipinski definition) is 6. The van der Waals surface area contributed by atoms with Crippen molar-refractivity contribution in [3.8, 4) is 0 Å². The average Bonchev–Trinajstić information content (AvgIpc) is 3.14. The van der Waals surface area contributed by atoms with E-state index in [1.54, 1.807) is 0 Å². The van der Waals surface area contributed by atoms with Crippen molar-refractivity contribution < 1.29 is 21.6 Å². The molecule has 2 aliphatic rings. The van der Waals surface area contributed by atoms with Crippen LogP contribution in [0.15, 0.2) is 23.2 Å². The molecule has 24 heavy (non-hydrogen) atoms. The molecule has 0 N–H and O–H groups in total. The van der Waals surface area contributed by atoms with E-state index in [1.807, 2.05) is 0 Å². The summed E-state index contributed by atoms with van der Waals surface area (Å²) in [6, 6.07) is 2.22. The number of sulfone groups is 1. The molecule has 2 saturated heterocycles. The van der Waals surface area contributed by atoms with Gasteiger partial charge in [0.1, 0.15) is 10.0 Å². The number of pyridine rings is 1. The molecule has 134 valence electrons. The van der Waals surface area contributed by atoms with Crippen LogP contribution in [0.4, 0.5) is 0 Å². The van der Waals surface area contributed by atoms with E-state index < -0.39 is 25.9 Å². The van der Waals surface area contributed by atoms with Gasteiger partial charge < -0.3 is 4.74 Å². The largest absolute Gasteiger partial charge is 0.377 e. The Morgan fingerprint density at radius 2 is 2.12 bits per heavy atom. The van der Waals surface area contributed by atoms with Crippen LogP contribution < -0.4 is 0 Å². The lowest BCUT2D eigenvalue weighted by Gasteiger charge is -2.29. The Labute approximate surface area is 146 Å². The van der Waals surface area contributed by atoms with Crippen molar-refractivity contribution in [1.29, 1.82) is 0 Å². The zero-order valence-corrected chi connectivity index (χ0v) is 15.4. The molecule has 0 aliphatic carbocycles. The Bertz CT molecular complexity index is 789. The Morgan fingerprint density at radius 3 is 2.67 bits per heavy atom. The van der Waals surface area contributed by atoms with Gasteiger partial charge in [-0.25, -0.2) is 21.8 Å². The van der Waals surface area contributed by atoms with Crippen LogP contribution in [0.5, 0.6) is 0 Å². The van der Waals surface area contributed by atoms with Crippen LogP contribution in [0.25, 0.3) is 0 Å². The fraction of sp³-hybridized carbons (Fsp3) is 0.643. The second-order valence-corrected chi connectivity index (χ2v) is 10.6. The van der Waals surface area contributed by atoms with Crippen molar-refractivity contribution in [2.45, 2.75) is 36.3 Å². The first-order valence-electron chi connectivity index (χ1n) is 7.73. The number of sulfonamides is 1. The summed E-state index contributed by atoms with van der Waals surface area (Å²) in [5.41, 5.74) is 0. The molecule has 1 aromatic heterocycles. The van der Waals surface area contributed by atoms with Gasteiger partial charge in [0.2, 0.25) is 10.0 Å². The average molecular weight is 395 g/mol. The number of rotatable bonds is 5. The second-order valence-electron chi connectivity index (χ2n) is 6.08. The molecule has 2 aliphatic heterocycles. The van der Waals surface area contributed by atoms with E-state index >= 15 is 0 Å². The van der Waals surface area contributed by atoms with Crippen molar-refractivity contribution >= 4 is 31.5 Å². The van der Waals surface area contributed by atoms with E-state index in [0.717, 1.165) is 12.8 Å². The van der Waals surface area contributed by atoms with Crippen molar-refractivity contribution in [2.24, 2.45) is 0 Å². The van der Waals surface area contributed by atoms with Crippen LogP contribution in [0.2, 0.25) is 5.15 Å². The highest BCUT2D eigenvalue weighted by Crippen LogP contribution is 2.27. The molecule has 0 amide bonds. The van der Waals surface area contributed by atoms with Gasteiger partial charge in [-0.05, 0) is 31.4 Å². The zero-order valence-electron chi connectivity index (χ0n) is 13.0. The summed E-state index contributed by atoms with van der Waals surface area (Å²) in [6.07, 6.45) is 2.94. The molecular formula is C14H19ClN2O5S2. The minimum absolute atomic E-state index is 0.00801. The molecule has 7 nitrogen and oxygen atoms in total. The van der Waals surface area contributed by atoms with Gasteiger partial charge in [0.15, 0.2) is 9.84 Å². The topological polar surface area (TPSA) is 93.6 Å². The maximum atomic E-state index is 13.0. The third kappa shape index (κ3) is 3.91. The van der Waals surface area contributed by atoms with Crippen molar-refractivity contribution in [1.82, 2.24) is 9.29 Å². The maximum absolute atomic E-state index is 13.0. The molecule has 0 radical (unpaired) electrons. The molecule has 0 bridgehead atoms. The standard InChI is InChI=1S/C14H19ClN2O5S2/c15-14-4-3-13(8-16-14)24(20,21)17(9-12-2-1-6-22-12)11-5-7-23(18,19)10-11/h3-4,8,11-12H,1-2,5-7,9-10H2/t11-,12+/m1/s1. The normalized spacial score (nSPS) is 26.9. The molecule has 2 fully saturated rings. The van der Waals surface area contributed by atoms with Gasteiger partial charge in [0.25, 0.3) is 0 Å². The summed E-state index contributed by atoms with van der Waals surface area (Å²) in [4.78, 5) is 3.83.